The standard InChI is InChI=1S/C11H12FNO4/c1-11(12)16-8-6-4-5-7(9(8)17-11)10(14)13(2)15-3/h4-6H,1-3H3. The number of carbonyl (C=O) groups excluding carboxylic acids is 1. The molecule has 0 spiro atoms. The molecular weight excluding hydrogens is 229 g/mol. The number of carbonyl (C=O) groups is 1. The van der Waals surface area contributed by atoms with Crippen LogP contribution in [-0.4, -0.2) is 31.2 Å². The van der Waals surface area contributed by atoms with Gasteiger partial charge in [0.15, 0.2) is 11.5 Å². The number of amides is 1. The Labute approximate surface area is 97.6 Å². The molecule has 1 aliphatic rings. The minimum absolute atomic E-state index is 0.0893. The van der Waals surface area contributed by atoms with E-state index in [1.807, 2.05) is 0 Å². The summed E-state index contributed by atoms with van der Waals surface area (Å²) in [7, 11) is 2.81. The fourth-order valence-corrected chi connectivity index (χ4v) is 1.52. The van der Waals surface area contributed by atoms with Crippen molar-refractivity contribution in [1.82, 2.24) is 5.06 Å². The Kier molecular flexibility index (Phi) is 2.66. The van der Waals surface area contributed by atoms with Crippen LogP contribution in [0.15, 0.2) is 18.2 Å². The number of nitrogens with zero attached hydrogens (tertiary/aromatic N) is 1. The van der Waals surface area contributed by atoms with Gasteiger partial charge in [-0.15, -0.1) is 0 Å². The van der Waals surface area contributed by atoms with Crippen LogP contribution in [0.5, 0.6) is 11.5 Å². The van der Waals surface area contributed by atoms with E-state index in [0.717, 1.165) is 12.0 Å². The number of fused-ring (bicyclic) bond motifs is 1. The number of hydroxylamine groups is 2. The molecule has 1 aromatic carbocycles. The zero-order chi connectivity index (χ0) is 12.6. The van der Waals surface area contributed by atoms with Crippen LogP contribution in [0.2, 0.25) is 0 Å². The summed E-state index contributed by atoms with van der Waals surface area (Å²) in [6.07, 6.45) is 0. The molecular formula is C11H12FNO4. The number of alkyl halides is 1. The fourth-order valence-electron chi connectivity index (χ4n) is 1.52. The van der Waals surface area contributed by atoms with Crippen LogP contribution in [0, 0.1) is 0 Å². The molecule has 1 unspecified atom stereocenters. The number of halogens is 1. The molecule has 17 heavy (non-hydrogen) atoms. The first kappa shape index (κ1) is 11.7. The first-order valence-electron chi connectivity index (χ1n) is 4.97. The molecule has 0 radical (unpaired) electrons. The van der Waals surface area contributed by atoms with Crippen LogP contribution in [0.4, 0.5) is 4.39 Å². The smallest absolute Gasteiger partial charge is 0.404 e. The highest BCUT2D eigenvalue weighted by Crippen LogP contribution is 2.42. The van der Waals surface area contributed by atoms with E-state index < -0.39 is 11.9 Å². The highest BCUT2D eigenvalue weighted by Gasteiger charge is 2.39. The molecule has 0 N–H and O–H groups in total. The van der Waals surface area contributed by atoms with E-state index in [2.05, 4.69) is 0 Å². The molecule has 0 aliphatic carbocycles. The molecule has 1 amide bonds. The van der Waals surface area contributed by atoms with Gasteiger partial charge in [-0.2, -0.15) is 4.39 Å². The van der Waals surface area contributed by atoms with Crippen molar-refractivity contribution in [3.8, 4) is 11.5 Å². The molecule has 1 aromatic rings. The quantitative estimate of drug-likeness (QED) is 0.740. The van der Waals surface area contributed by atoms with Gasteiger partial charge in [0, 0.05) is 14.0 Å². The zero-order valence-electron chi connectivity index (χ0n) is 9.69. The molecule has 0 saturated carbocycles. The molecule has 1 aliphatic heterocycles. The molecule has 0 bridgehead atoms. The summed E-state index contributed by atoms with van der Waals surface area (Å²) in [6, 6.07) is 2.38. The second kappa shape index (κ2) is 3.89. The van der Waals surface area contributed by atoms with Gasteiger partial charge in [-0.05, 0) is 12.1 Å². The van der Waals surface area contributed by atoms with Crippen LogP contribution in [0.3, 0.4) is 0 Å². The van der Waals surface area contributed by atoms with Gasteiger partial charge in [-0.3, -0.25) is 9.63 Å². The Morgan fingerprint density at radius 3 is 2.82 bits per heavy atom. The van der Waals surface area contributed by atoms with E-state index in [0.29, 0.717) is 0 Å². The Bertz CT molecular complexity index is 461. The predicted octanol–water partition coefficient (Wildman–Crippen LogP) is 1.73. The average Bonchev–Trinajstić information content (AvgIpc) is 2.60. The van der Waals surface area contributed by atoms with Crippen molar-refractivity contribution in [1.29, 1.82) is 0 Å². The van der Waals surface area contributed by atoms with E-state index >= 15 is 0 Å². The third-order valence-corrected chi connectivity index (χ3v) is 2.35. The van der Waals surface area contributed by atoms with Gasteiger partial charge in [0.1, 0.15) is 0 Å². The highest BCUT2D eigenvalue weighted by molar-refractivity contribution is 5.97. The summed E-state index contributed by atoms with van der Waals surface area (Å²) in [4.78, 5) is 16.7. The maximum Gasteiger partial charge on any atom is 0.404 e. The minimum Gasteiger partial charge on any atom is -0.423 e. The Balaban J connectivity index is 2.40. The highest BCUT2D eigenvalue weighted by atomic mass is 19.2. The molecule has 1 atom stereocenters. The Morgan fingerprint density at radius 1 is 1.47 bits per heavy atom. The summed E-state index contributed by atoms with van der Waals surface area (Å²) < 4.78 is 23.4. The lowest BCUT2D eigenvalue weighted by Gasteiger charge is -2.15. The molecule has 6 heteroatoms. The van der Waals surface area contributed by atoms with Gasteiger partial charge in [0.05, 0.1) is 12.7 Å². The maximum absolute atomic E-state index is 13.5. The second-order valence-electron chi connectivity index (χ2n) is 3.66. The number of hydrogen-bond donors (Lipinski definition) is 0. The van der Waals surface area contributed by atoms with Crippen LogP contribution in [-0.2, 0) is 4.84 Å². The van der Waals surface area contributed by atoms with Crippen LogP contribution in [0.25, 0.3) is 0 Å². The Hall–Kier alpha value is -1.82. The maximum atomic E-state index is 13.5. The van der Waals surface area contributed by atoms with E-state index in [1.54, 1.807) is 6.07 Å². The molecule has 2 rings (SSSR count). The second-order valence-corrected chi connectivity index (χ2v) is 3.66. The van der Waals surface area contributed by atoms with Crippen molar-refractivity contribution < 1.29 is 23.5 Å². The average molecular weight is 241 g/mol. The molecule has 92 valence electrons. The van der Waals surface area contributed by atoms with E-state index in [4.69, 9.17) is 14.3 Å². The van der Waals surface area contributed by atoms with Gasteiger partial charge >= 0.3 is 6.04 Å². The topological polar surface area (TPSA) is 48.0 Å². The molecule has 0 saturated heterocycles. The van der Waals surface area contributed by atoms with Gasteiger partial charge in [0.2, 0.25) is 0 Å². The fraction of sp³-hybridized carbons (Fsp3) is 0.364. The van der Waals surface area contributed by atoms with Crippen molar-refractivity contribution in [2.24, 2.45) is 0 Å². The molecule has 0 aromatic heterocycles. The van der Waals surface area contributed by atoms with Crippen molar-refractivity contribution in [3.05, 3.63) is 23.8 Å². The molecule has 1 heterocycles. The first-order valence-corrected chi connectivity index (χ1v) is 4.97. The van der Waals surface area contributed by atoms with E-state index in [1.165, 1.54) is 26.3 Å². The molecule has 0 fully saturated rings. The summed E-state index contributed by atoms with van der Waals surface area (Å²) in [6.45, 7) is 1.13. The van der Waals surface area contributed by atoms with Gasteiger partial charge < -0.3 is 9.47 Å². The number of para-hydroxylation sites is 1. The monoisotopic (exact) mass is 241 g/mol. The van der Waals surface area contributed by atoms with Gasteiger partial charge in [-0.25, -0.2) is 5.06 Å². The number of rotatable bonds is 2. The van der Waals surface area contributed by atoms with Gasteiger partial charge in [-0.1, -0.05) is 6.07 Å². The molecule has 5 nitrogen and oxygen atoms in total. The number of ether oxygens (including phenoxy) is 2. The van der Waals surface area contributed by atoms with Crippen LogP contribution in [0.1, 0.15) is 17.3 Å². The van der Waals surface area contributed by atoms with Crippen molar-refractivity contribution >= 4 is 5.91 Å². The number of hydrogen-bond acceptors (Lipinski definition) is 4. The zero-order valence-corrected chi connectivity index (χ0v) is 9.69. The van der Waals surface area contributed by atoms with Crippen LogP contribution < -0.4 is 9.47 Å². The summed E-state index contributed by atoms with van der Waals surface area (Å²) in [5.41, 5.74) is 0.188. The predicted molar refractivity (Wildman–Crippen MR) is 56.3 cm³/mol. The van der Waals surface area contributed by atoms with E-state index in [-0.39, 0.29) is 17.1 Å². The summed E-state index contributed by atoms with van der Waals surface area (Å²) in [5.74, 6) is -0.151. The third-order valence-electron chi connectivity index (χ3n) is 2.35. The normalized spacial score (nSPS) is 21.4. The number of benzene rings is 1. The van der Waals surface area contributed by atoms with Crippen molar-refractivity contribution in [3.63, 3.8) is 0 Å². The third kappa shape index (κ3) is 2.03. The summed E-state index contributed by atoms with van der Waals surface area (Å²) >= 11 is 0. The van der Waals surface area contributed by atoms with Crippen molar-refractivity contribution in [2.75, 3.05) is 14.2 Å². The van der Waals surface area contributed by atoms with Gasteiger partial charge in [0.25, 0.3) is 5.91 Å². The first-order chi connectivity index (χ1) is 7.94. The lowest BCUT2D eigenvalue weighted by atomic mass is 10.2. The lowest BCUT2D eigenvalue weighted by molar-refractivity contribution is -0.173. The Morgan fingerprint density at radius 2 is 2.18 bits per heavy atom. The van der Waals surface area contributed by atoms with Crippen LogP contribution >= 0.6 is 0 Å². The minimum atomic E-state index is -2.25. The SMILES string of the molecule is CON(C)C(=O)c1cccc2c1OC(C)(F)O2. The van der Waals surface area contributed by atoms with E-state index in [9.17, 15) is 9.18 Å². The largest absolute Gasteiger partial charge is 0.423 e. The van der Waals surface area contributed by atoms with Crippen molar-refractivity contribution in [2.45, 2.75) is 13.0 Å². The summed E-state index contributed by atoms with van der Waals surface area (Å²) in [5, 5.41) is 1.02. The lowest BCUT2D eigenvalue weighted by Crippen LogP contribution is -2.29.